The molecule has 1 aromatic rings. The van der Waals surface area contributed by atoms with Gasteiger partial charge in [0.2, 0.25) is 0 Å². The standard InChI is InChI=1S/C14H17BrF2O/c15-11-8-12(16)10(7-13(11)17)14(18)6-9-4-2-1-3-5-9/h7-9,14,18H,1-6H2. The van der Waals surface area contributed by atoms with E-state index in [1.165, 1.54) is 19.3 Å². The molecule has 1 aliphatic carbocycles. The van der Waals surface area contributed by atoms with Gasteiger partial charge in [0, 0.05) is 5.56 Å². The SMILES string of the molecule is OC(CC1CCCCC1)c1cc(F)c(Br)cc1F. The van der Waals surface area contributed by atoms with Crippen molar-refractivity contribution in [2.45, 2.75) is 44.6 Å². The van der Waals surface area contributed by atoms with Gasteiger partial charge in [-0.2, -0.15) is 0 Å². The predicted octanol–water partition coefficient (Wildman–Crippen LogP) is 4.73. The van der Waals surface area contributed by atoms with Crippen LogP contribution in [0.3, 0.4) is 0 Å². The lowest BCUT2D eigenvalue weighted by atomic mass is 9.84. The number of aliphatic hydroxyl groups is 1. The number of benzene rings is 1. The predicted molar refractivity (Wildman–Crippen MR) is 70.2 cm³/mol. The fourth-order valence-electron chi connectivity index (χ4n) is 2.66. The molecule has 100 valence electrons. The molecule has 1 atom stereocenters. The summed E-state index contributed by atoms with van der Waals surface area (Å²) in [6, 6.07) is 2.17. The summed E-state index contributed by atoms with van der Waals surface area (Å²) < 4.78 is 27.1. The Bertz CT molecular complexity index is 417. The van der Waals surface area contributed by atoms with Crippen molar-refractivity contribution in [3.05, 3.63) is 33.8 Å². The Labute approximate surface area is 114 Å². The second-order valence-corrected chi connectivity index (χ2v) is 5.90. The molecular formula is C14H17BrF2O. The highest BCUT2D eigenvalue weighted by molar-refractivity contribution is 9.10. The largest absolute Gasteiger partial charge is 0.388 e. The molecule has 0 bridgehead atoms. The number of rotatable bonds is 3. The Hall–Kier alpha value is -0.480. The van der Waals surface area contributed by atoms with E-state index in [-0.39, 0.29) is 10.0 Å². The van der Waals surface area contributed by atoms with Crippen LogP contribution in [-0.4, -0.2) is 5.11 Å². The maximum absolute atomic E-state index is 13.7. The van der Waals surface area contributed by atoms with Crippen molar-refractivity contribution < 1.29 is 13.9 Å². The summed E-state index contributed by atoms with van der Waals surface area (Å²) in [4.78, 5) is 0. The third-order valence-corrected chi connectivity index (χ3v) is 4.29. The smallest absolute Gasteiger partial charge is 0.137 e. The highest BCUT2D eigenvalue weighted by Gasteiger charge is 2.21. The molecule has 1 unspecified atom stereocenters. The van der Waals surface area contributed by atoms with Gasteiger partial charge >= 0.3 is 0 Å². The summed E-state index contributed by atoms with van der Waals surface area (Å²) in [5.74, 6) is -0.652. The first-order valence-electron chi connectivity index (χ1n) is 6.40. The van der Waals surface area contributed by atoms with Crippen molar-refractivity contribution >= 4 is 15.9 Å². The van der Waals surface area contributed by atoms with Gasteiger partial charge in [-0.15, -0.1) is 0 Å². The van der Waals surface area contributed by atoms with Crippen molar-refractivity contribution in [3.8, 4) is 0 Å². The fourth-order valence-corrected chi connectivity index (χ4v) is 2.97. The van der Waals surface area contributed by atoms with Crippen LogP contribution in [0.15, 0.2) is 16.6 Å². The van der Waals surface area contributed by atoms with Gasteiger partial charge in [0.05, 0.1) is 10.6 Å². The van der Waals surface area contributed by atoms with Crippen LogP contribution in [0.25, 0.3) is 0 Å². The van der Waals surface area contributed by atoms with E-state index >= 15 is 0 Å². The molecule has 0 amide bonds. The zero-order valence-electron chi connectivity index (χ0n) is 10.1. The Kier molecular flexibility index (Phi) is 4.73. The lowest BCUT2D eigenvalue weighted by Gasteiger charge is -2.24. The van der Waals surface area contributed by atoms with Crippen LogP contribution in [0.1, 0.15) is 50.2 Å². The van der Waals surface area contributed by atoms with E-state index in [0.29, 0.717) is 12.3 Å². The van der Waals surface area contributed by atoms with Crippen molar-refractivity contribution in [1.29, 1.82) is 0 Å². The molecule has 0 radical (unpaired) electrons. The van der Waals surface area contributed by atoms with Gasteiger partial charge in [-0.1, -0.05) is 32.1 Å². The average molecular weight is 319 g/mol. The van der Waals surface area contributed by atoms with Crippen LogP contribution in [-0.2, 0) is 0 Å². The number of halogens is 3. The first kappa shape index (κ1) is 13.9. The second-order valence-electron chi connectivity index (χ2n) is 5.04. The number of aliphatic hydroxyl groups excluding tert-OH is 1. The van der Waals surface area contributed by atoms with Crippen LogP contribution in [0, 0.1) is 17.6 Å². The number of hydrogen-bond donors (Lipinski definition) is 1. The molecule has 0 heterocycles. The molecule has 0 aliphatic heterocycles. The number of hydrogen-bond acceptors (Lipinski definition) is 1. The lowest BCUT2D eigenvalue weighted by Crippen LogP contribution is -2.12. The second kappa shape index (κ2) is 6.11. The summed E-state index contributed by atoms with van der Waals surface area (Å²) in [6.45, 7) is 0. The van der Waals surface area contributed by atoms with Crippen LogP contribution < -0.4 is 0 Å². The molecular weight excluding hydrogens is 302 g/mol. The zero-order valence-corrected chi connectivity index (χ0v) is 11.7. The summed E-state index contributed by atoms with van der Waals surface area (Å²) in [6.07, 6.45) is 5.38. The molecule has 1 aromatic carbocycles. The highest BCUT2D eigenvalue weighted by atomic mass is 79.9. The zero-order chi connectivity index (χ0) is 13.1. The lowest BCUT2D eigenvalue weighted by molar-refractivity contribution is 0.127. The molecule has 2 rings (SSSR count). The van der Waals surface area contributed by atoms with Crippen LogP contribution in [0.2, 0.25) is 0 Å². The van der Waals surface area contributed by atoms with E-state index in [0.717, 1.165) is 25.0 Å². The molecule has 1 saturated carbocycles. The maximum Gasteiger partial charge on any atom is 0.137 e. The minimum absolute atomic E-state index is 0.0706. The molecule has 1 aliphatic rings. The first-order valence-corrected chi connectivity index (χ1v) is 7.19. The van der Waals surface area contributed by atoms with Gasteiger partial charge < -0.3 is 5.11 Å². The van der Waals surface area contributed by atoms with Gasteiger partial charge in [0.15, 0.2) is 0 Å². The molecule has 1 N–H and O–H groups in total. The van der Waals surface area contributed by atoms with E-state index in [1.54, 1.807) is 0 Å². The van der Waals surface area contributed by atoms with Crippen molar-refractivity contribution in [3.63, 3.8) is 0 Å². The molecule has 0 spiro atoms. The van der Waals surface area contributed by atoms with E-state index in [4.69, 9.17) is 0 Å². The van der Waals surface area contributed by atoms with Crippen LogP contribution in [0.5, 0.6) is 0 Å². The Morgan fingerprint density at radius 2 is 1.83 bits per heavy atom. The van der Waals surface area contributed by atoms with Gasteiger partial charge in [0.25, 0.3) is 0 Å². The van der Waals surface area contributed by atoms with Crippen LogP contribution >= 0.6 is 15.9 Å². The molecule has 1 fully saturated rings. The topological polar surface area (TPSA) is 20.2 Å². The summed E-state index contributed by atoms with van der Waals surface area (Å²) in [7, 11) is 0. The fraction of sp³-hybridized carbons (Fsp3) is 0.571. The van der Waals surface area contributed by atoms with Gasteiger partial charge in [0.1, 0.15) is 11.6 Å². The summed E-state index contributed by atoms with van der Waals surface area (Å²) in [5, 5.41) is 10.0. The third-order valence-electron chi connectivity index (χ3n) is 3.68. The Morgan fingerprint density at radius 1 is 1.17 bits per heavy atom. The Balaban J connectivity index is 2.08. The van der Waals surface area contributed by atoms with Gasteiger partial charge in [-0.05, 0) is 40.4 Å². The molecule has 0 aromatic heterocycles. The van der Waals surface area contributed by atoms with Gasteiger partial charge in [-0.25, -0.2) is 8.78 Å². The van der Waals surface area contributed by atoms with Crippen molar-refractivity contribution in [1.82, 2.24) is 0 Å². The van der Waals surface area contributed by atoms with Crippen molar-refractivity contribution in [2.75, 3.05) is 0 Å². The highest BCUT2D eigenvalue weighted by Crippen LogP contribution is 2.33. The third kappa shape index (κ3) is 3.29. The molecule has 18 heavy (non-hydrogen) atoms. The Morgan fingerprint density at radius 3 is 2.50 bits per heavy atom. The summed E-state index contributed by atoms with van der Waals surface area (Å²) in [5.41, 5.74) is 0.0706. The monoisotopic (exact) mass is 318 g/mol. The quantitative estimate of drug-likeness (QED) is 0.799. The maximum atomic E-state index is 13.7. The molecule has 0 saturated heterocycles. The minimum atomic E-state index is -0.907. The first-order chi connectivity index (χ1) is 8.58. The van der Waals surface area contributed by atoms with Crippen LogP contribution in [0.4, 0.5) is 8.78 Å². The van der Waals surface area contributed by atoms with Crippen molar-refractivity contribution in [2.24, 2.45) is 5.92 Å². The van der Waals surface area contributed by atoms with Gasteiger partial charge in [-0.3, -0.25) is 0 Å². The molecule has 1 nitrogen and oxygen atoms in total. The van der Waals surface area contributed by atoms with E-state index in [2.05, 4.69) is 15.9 Å². The van der Waals surface area contributed by atoms with E-state index < -0.39 is 17.7 Å². The van der Waals surface area contributed by atoms with E-state index in [1.807, 2.05) is 0 Å². The van der Waals surface area contributed by atoms with E-state index in [9.17, 15) is 13.9 Å². The minimum Gasteiger partial charge on any atom is -0.388 e. The normalized spacial score (nSPS) is 18.9. The molecule has 4 heteroatoms. The summed E-state index contributed by atoms with van der Waals surface area (Å²) >= 11 is 2.93. The average Bonchev–Trinajstić information content (AvgIpc) is 2.35.